The van der Waals surface area contributed by atoms with E-state index in [4.69, 9.17) is 0 Å². The molecule has 1 aliphatic heterocycles. The monoisotopic (exact) mass is 301 g/mol. The summed E-state index contributed by atoms with van der Waals surface area (Å²) in [6.45, 7) is 0. The number of para-hydroxylation sites is 1. The molecule has 0 spiro atoms. The van der Waals surface area contributed by atoms with Gasteiger partial charge in [0.05, 0.1) is 17.7 Å². The van der Waals surface area contributed by atoms with Gasteiger partial charge in [0, 0.05) is 0 Å². The highest BCUT2D eigenvalue weighted by atomic mass is 16.2. The van der Waals surface area contributed by atoms with Gasteiger partial charge < -0.3 is 10.6 Å². The van der Waals surface area contributed by atoms with Crippen molar-refractivity contribution < 1.29 is 14.4 Å². The largest absolute Gasteiger partial charge is 0.340 e. The van der Waals surface area contributed by atoms with Gasteiger partial charge in [-0.2, -0.15) is 5.21 Å². The number of hydrogen-bond donors (Lipinski definition) is 4. The summed E-state index contributed by atoms with van der Waals surface area (Å²) in [4.78, 5) is 36.0. The molecule has 2 aromatic rings. The topological polar surface area (TPSA) is 142 Å². The molecule has 0 saturated heterocycles. The number of nitrogens with one attached hydrogen (secondary N) is 4. The van der Waals surface area contributed by atoms with Crippen LogP contribution in [0.2, 0.25) is 0 Å². The summed E-state index contributed by atoms with van der Waals surface area (Å²) in [5.74, 6) is -1.42. The molecule has 22 heavy (non-hydrogen) atoms. The molecule has 0 saturated carbocycles. The number of carbonyl (C=O) groups excluding carboxylic acids is 3. The van der Waals surface area contributed by atoms with Crippen LogP contribution in [0, 0.1) is 0 Å². The fourth-order valence-electron chi connectivity index (χ4n) is 2.03. The maximum Gasteiger partial charge on any atom is 0.269 e. The lowest BCUT2D eigenvalue weighted by Crippen LogP contribution is -2.43. The summed E-state index contributed by atoms with van der Waals surface area (Å²) in [5.41, 5.74) is 0.753. The Morgan fingerprint density at radius 2 is 2.09 bits per heavy atom. The van der Waals surface area contributed by atoms with Crippen molar-refractivity contribution >= 4 is 29.4 Å². The van der Waals surface area contributed by atoms with Crippen LogP contribution >= 0.6 is 0 Å². The van der Waals surface area contributed by atoms with E-state index in [1.165, 1.54) is 0 Å². The predicted molar refractivity (Wildman–Crippen MR) is 73.8 cm³/mol. The first-order valence-corrected chi connectivity index (χ1v) is 6.37. The zero-order valence-electron chi connectivity index (χ0n) is 11.2. The summed E-state index contributed by atoms with van der Waals surface area (Å²) < 4.78 is 0. The zero-order chi connectivity index (χ0) is 15.5. The molecule has 10 nitrogen and oxygen atoms in total. The van der Waals surface area contributed by atoms with Gasteiger partial charge in [-0.25, -0.2) is 0 Å². The smallest absolute Gasteiger partial charge is 0.269 e. The normalized spacial score (nSPS) is 17.0. The van der Waals surface area contributed by atoms with E-state index in [0.717, 1.165) is 0 Å². The number of fused-ring (bicyclic) bond motifs is 1. The highest BCUT2D eigenvalue weighted by Gasteiger charge is 2.29. The van der Waals surface area contributed by atoms with Gasteiger partial charge in [-0.15, -0.1) is 5.10 Å². The van der Waals surface area contributed by atoms with Gasteiger partial charge in [0.2, 0.25) is 11.8 Å². The van der Waals surface area contributed by atoms with Crippen LogP contribution < -0.4 is 16.0 Å². The molecular formula is C12H11N7O3. The first-order valence-electron chi connectivity index (χ1n) is 6.37. The average molecular weight is 301 g/mol. The van der Waals surface area contributed by atoms with E-state index >= 15 is 0 Å². The maximum absolute atomic E-state index is 12.1. The molecule has 3 amide bonds. The summed E-state index contributed by atoms with van der Waals surface area (Å²) in [6.07, 6.45) is -0.250. The van der Waals surface area contributed by atoms with Crippen LogP contribution in [-0.2, 0) is 9.59 Å². The molecule has 0 bridgehead atoms. The maximum atomic E-state index is 12.1. The Labute approximate surface area is 123 Å². The van der Waals surface area contributed by atoms with Crippen LogP contribution in [0.25, 0.3) is 0 Å². The zero-order valence-corrected chi connectivity index (χ0v) is 11.2. The van der Waals surface area contributed by atoms with Crippen LogP contribution in [0.5, 0.6) is 0 Å². The Morgan fingerprint density at radius 1 is 1.27 bits per heavy atom. The molecule has 3 rings (SSSR count). The third-order valence-electron chi connectivity index (χ3n) is 3.04. The summed E-state index contributed by atoms with van der Waals surface area (Å²) in [6, 6.07) is 5.61. The van der Waals surface area contributed by atoms with Gasteiger partial charge in [0.1, 0.15) is 6.04 Å². The molecule has 0 radical (unpaired) electrons. The van der Waals surface area contributed by atoms with Crippen molar-refractivity contribution in [3.05, 3.63) is 29.8 Å². The molecule has 4 N–H and O–H groups in total. The van der Waals surface area contributed by atoms with Gasteiger partial charge in [-0.05, 0) is 17.3 Å². The van der Waals surface area contributed by atoms with Crippen molar-refractivity contribution in [2.24, 2.45) is 0 Å². The number of tetrazole rings is 1. The molecule has 1 aliphatic rings. The minimum Gasteiger partial charge on any atom is -0.340 e. The Balaban J connectivity index is 1.71. The molecule has 1 aromatic carbocycles. The number of nitrogens with zero attached hydrogens (tertiary/aromatic N) is 3. The van der Waals surface area contributed by atoms with E-state index in [0.29, 0.717) is 11.3 Å². The molecule has 1 atom stereocenters. The minimum absolute atomic E-state index is 0.00589. The second-order valence-corrected chi connectivity index (χ2v) is 4.55. The number of rotatable bonds is 3. The SMILES string of the molecule is O=C(C[C@@H]1NC(=O)c2ccccc2NC1=O)Nc1nn[nH]n1. The number of anilines is 2. The van der Waals surface area contributed by atoms with Crippen molar-refractivity contribution in [2.45, 2.75) is 12.5 Å². The second kappa shape index (κ2) is 5.60. The van der Waals surface area contributed by atoms with E-state index in [1.54, 1.807) is 24.3 Å². The highest BCUT2D eigenvalue weighted by Crippen LogP contribution is 2.18. The molecule has 0 unspecified atom stereocenters. The molecule has 10 heteroatoms. The third kappa shape index (κ3) is 2.75. The molecule has 1 aromatic heterocycles. The lowest BCUT2D eigenvalue weighted by atomic mass is 10.1. The number of benzene rings is 1. The summed E-state index contributed by atoms with van der Waals surface area (Å²) in [7, 11) is 0. The van der Waals surface area contributed by atoms with Gasteiger partial charge >= 0.3 is 0 Å². The fourth-order valence-corrected chi connectivity index (χ4v) is 2.03. The van der Waals surface area contributed by atoms with Crippen molar-refractivity contribution in [2.75, 3.05) is 10.6 Å². The van der Waals surface area contributed by atoms with Crippen molar-refractivity contribution in [1.82, 2.24) is 25.9 Å². The average Bonchev–Trinajstić information content (AvgIpc) is 2.95. The lowest BCUT2D eigenvalue weighted by Gasteiger charge is -2.13. The van der Waals surface area contributed by atoms with Gasteiger partial charge in [0.25, 0.3) is 11.9 Å². The van der Waals surface area contributed by atoms with E-state index in [9.17, 15) is 14.4 Å². The van der Waals surface area contributed by atoms with Crippen LogP contribution in [0.3, 0.4) is 0 Å². The van der Waals surface area contributed by atoms with Crippen molar-refractivity contribution in [3.8, 4) is 0 Å². The number of aromatic nitrogens is 4. The highest BCUT2D eigenvalue weighted by molar-refractivity contribution is 6.11. The van der Waals surface area contributed by atoms with Gasteiger partial charge in [0.15, 0.2) is 0 Å². The number of H-pyrrole nitrogens is 1. The van der Waals surface area contributed by atoms with Crippen LogP contribution in [0.15, 0.2) is 24.3 Å². The number of aromatic amines is 1. The number of carbonyl (C=O) groups is 3. The van der Waals surface area contributed by atoms with E-state index < -0.39 is 23.8 Å². The molecule has 112 valence electrons. The Kier molecular flexibility index (Phi) is 3.48. The van der Waals surface area contributed by atoms with Gasteiger partial charge in [-0.3, -0.25) is 19.7 Å². The van der Waals surface area contributed by atoms with Crippen LogP contribution in [0.1, 0.15) is 16.8 Å². The minimum atomic E-state index is -0.994. The van der Waals surface area contributed by atoms with E-state index in [1.807, 2.05) is 0 Å². The second-order valence-electron chi connectivity index (χ2n) is 4.55. The molecular weight excluding hydrogens is 290 g/mol. The first kappa shape index (κ1) is 13.7. The lowest BCUT2D eigenvalue weighted by molar-refractivity contribution is -0.122. The van der Waals surface area contributed by atoms with Gasteiger partial charge in [-0.1, -0.05) is 17.2 Å². The quantitative estimate of drug-likeness (QED) is 0.589. The van der Waals surface area contributed by atoms with Crippen LogP contribution in [0.4, 0.5) is 11.6 Å². The summed E-state index contributed by atoms with van der Waals surface area (Å²) in [5, 5.41) is 20.1. The van der Waals surface area contributed by atoms with Crippen molar-refractivity contribution in [1.29, 1.82) is 0 Å². The Morgan fingerprint density at radius 3 is 2.86 bits per heavy atom. The predicted octanol–water partition coefficient (Wildman–Crippen LogP) is -0.721. The van der Waals surface area contributed by atoms with Crippen LogP contribution in [-0.4, -0.2) is 44.4 Å². The number of amides is 3. The third-order valence-corrected chi connectivity index (χ3v) is 3.04. The Hall–Kier alpha value is -3.30. The first-order chi connectivity index (χ1) is 10.6. The van der Waals surface area contributed by atoms with E-state index in [-0.39, 0.29) is 12.4 Å². The van der Waals surface area contributed by atoms with E-state index in [2.05, 4.69) is 36.6 Å². The fraction of sp³-hybridized carbons (Fsp3) is 0.167. The molecule has 0 fully saturated rings. The standard InChI is InChI=1S/C12H11N7O3/c20-9(15-12-16-18-19-17-12)5-8-11(22)13-7-4-2-1-3-6(7)10(21)14-8/h1-4,8H,5H2,(H,13,22)(H,14,21)(H2,15,16,17,18,19,20)/t8-/m0/s1. The Bertz CT molecular complexity index is 728. The van der Waals surface area contributed by atoms with Crippen molar-refractivity contribution in [3.63, 3.8) is 0 Å². The molecule has 2 heterocycles. The number of hydrogen-bond acceptors (Lipinski definition) is 6. The summed E-state index contributed by atoms with van der Waals surface area (Å²) >= 11 is 0. The molecule has 0 aliphatic carbocycles.